The first-order valence-electron chi connectivity index (χ1n) is 6.47. The van der Waals surface area contributed by atoms with E-state index in [0.29, 0.717) is 30.2 Å². The second-order valence-electron chi connectivity index (χ2n) is 4.74. The standard InChI is InChI=1S/C14H17ClN2O3/c1-20-12-4-2-10(15)6-9(12)7-14(19)17-11-3-5-13(18)16-8-11/h2,4,6,11H,3,5,7-8H2,1H3,(H,16,18)(H,17,19). The van der Waals surface area contributed by atoms with Crippen LogP contribution in [-0.2, 0) is 16.0 Å². The second kappa shape index (κ2) is 6.61. The van der Waals surface area contributed by atoms with Crippen molar-refractivity contribution in [3.8, 4) is 5.75 Å². The summed E-state index contributed by atoms with van der Waals surface area (Å²) in [5, 5.41) is 6.21. The van der Waals surface area contributed by atoms with Crippen LogP contribution in [0.1, 0.15) is 18.4 Å². The van der Waals surface area contributed by atoms with Crippen LogP contribution in [0.4, 0.5) is 0 Å². The number of amides is 2. The number of rotatable bonds is 4. The van der Waals surface area contributed by atoms with E-state index < -0.39 is 0 Å². The Bertz CT molecular complexity index is 509. The maximum Gasteiger partial charge on any atom is 0.224 e. The highest BCUT2D eigenvalue weighted by molar-refractivity contribution is 6.30. The Hall–Kier alpha value is -1.75. The molecule has 0 spiro atoms. The zero-order chi connectivity index (χ0) is 14.5. The lowest BCUT2D eigenvalue weighted by molar-refractivity contribution is -0.125. The molecule has 1 aromatic rings. The van der Waals surface area contributed by atoms with Crippen molar-refractivity contribution >= 4 is 23.4 Å². The van der Waals surface area contributed by atoms with E-state index in [0.717, 1.165) is 5.56 Å². The summed E-state index contributed by atoms with van der Waals surface area (Å²) in [6.07, 6.45) is 1.32. The number of carbonyl (C=O) groups is 2. The van der Waals surface area contributed by atoms with E-state index in [1.807, 2.05) is 0 Å². The van der Waals surface area contributed by atoms with Gasteiger partial charge in [0, 0.05) is 29.6 Å². The Morgan fingerprint density at radius 3 is 3.00 bits per heavy atom. The fourth-order valence-electron chi connectivity index (χ4n) is 2.19. The van der Waals surface area contributed by atoms with E-state index in [-0.39, 0.29) is 24.3 Å². The highest BCUT2D eigenvalue weighted by atomic mass is 35.5. The van der Waals surface area contributed by atoms with Crippen molar-refractivity contribution in [2.75, 3.05) is 13.7 Å². The summed E-state index contributed by atoms with van der Waals surface area (Å²) in [4.78, 5) is 23.1. The number of hydrogen-bond acceptors (Lipinski definition) is 3. The molecule has 5 nitrogen and oxygen atoms in total. The normalized spacial score (nSPS) is 18.3. The van der Waals surface area contributed by atoms with Gasteiger partial charge in [-0.1, -0.05) is 11.6 Å². The fraction of sp³-hybridized carbons (Fsp3) is 0.429. The summed E-state index contributed by atoms with van der Waals surface area (Å²) >= 11 is 5.93. The largest absolute Gasteiger partial charge is 0.496 e. The molecule has 6 heteroatoms. The smallest absolute Gasteiger partial charge is 0.224 e. The molecule has 0 aliphatic carbocycles. The Balaban J connectivity index is 1.94. The molecule has 1 atom stereocenters. The van der Waals surface area contributed by atoms with Crippen molar-refractivity contribution in [1.82, 2.24) is 10.6 Å². The minimum Gasteiger partial charge on any atom is -0.496 e. The zero-order valence-corrected chi connectivity index (χ0v) is 12.0. The van der Waals surface area contributed by atoms with Crippen LogP contribution in [0.5, 0.6) is 5.75 Å². The highest BCUT2D eigenvalue weighted by Crippen LogP contribution is 2.23. The first-order chi connectivity index (χ1) is 9.58. The molecule has 1 aromatic carbocycles. The van der Waals surface area contributed by atoms with Gasteiger partial charge in [0.2, 0.25) is 11.8 Å². The summed E-state index contributed by atoms with van der Waals surface area (Å²) in [6.45, 7) is 0.483. The first-order valence-corrected chi connectivity index (χ1v) is 6.84. The third kappa shape index (κ3) is 3.87. The lowest BCUT2D eigenvalue weighted by atomic mass is 10.1. The van der Waals surface area contributed by atoms with Crippen LogP contribution in [0.2, 0.25) is 5.02 Å². The molecular weight excluding hydrogens is 280 g/mol. The van der Waals surface area contributed by atoms with Crippen LogP contribution in [-0.4, -0.2) is 31.5 Å². The van der Waals surface area contributed by atoms with Crippen LogP contribution >= 0.6 is 11.6 Å². The van der Waals surface area contributed by atoms with Gasteiger partial charge in [-0.3, -0.25) is 9.59 Å². The number of hydrogen-bond donors (Lipinski definition) is 2. The van der Waals surface area contributed by atoms with Gasteiger partial charge in [0.1, 0.15) is 5.75 Å². The minimum atomic E-state index is -0.105. The molecule has 1 saturated heterocycles. The van der Waals surface area contributed by atoms with Crippen molar-refractivity contribution < 1.29 is 14.3 Å². The predicted octanol–water partition coefficient (Wildman–Crippen LogP) is 1.29. The molecule has 1 heterocycles. The van der Waals surface area contributed by atoms with E-state index in [9.17, 15) is 9.59 Å². The SMILES string of the molecule is COc1ccc(Cl)cc1CC(=O)NC1CCC(=O)NC1. The number of nitrogens with one attached hydrogen (secondary N) is 2. The number of carbonyl (C=O) groups excluding carboxylic acids is 2. The van der Waals surface area contributed by atoms with Gasteiger partial charge in [0.25, 0.3) is 0 Å². The van der Waals surface area contributed by atoms with Crippen LogP contribution in [0.3, 0.4) is 0 Å². The number of methoxy groups -OCH3 is 1. The van der Waals surface area contributed by atoms with Crippen molar-refractivity contribution in [2.45, 2.75) is 25.3 Å². The van der Waals surface area contributed by atoms with Gasteiger partial charge in [0.15, 0.2) is 0 Å². The van der Waals surface area contributed by atoms with Crippen molar-refractivity contribution in [1.29, 1.82) is 0 Å². The average molecular weight is 297 g/mol. The Kier molecular flexibility index (Phi) is 4.84. The van der Waals surface area contributed by atoms with Gasteiger partial charge in [-0.25, -0.2) is 0 Å². The number of halogens is 1. The predicted molar refractivity (Wildman–Crippen MR) is 75.9 cm³/mol. The van der Waals surface area contributed by atoms with E-state index in [1.165, 1.54) is 0 Å². The quantitative estimate of drug-likeness (QED) is 0.880. The van der Waals surface area contributed by atoms with Gasteiger partial charge in [-0.2, -0.15) is 0 Å². The third-order valence-electron chi connectivity index (χ3n) is 3.22. The average Bonchev–Trinajstić information content (AvgIpc) is 2.41. The van der Waals surface area contributed by atoms with Crippen LogP contribution in [0.15, 0.2) is 18.2 Å². The molecule has 1 fully saturated rings. The summed E-state index contributed by atoms with van der Waals surface area (Å²) < 4.78 is 5.21. The second-order valence-corrected chi connectivity index (χ2v) is 5.18. The molecule has 108 valence electrons. The van der Waals surface area contributed by atoms with Gasteiger partial charge in [0.05, 0.1) is 13.5 Å². The van der Waals surface area contributed by atoms with Crippen LogP contribution in [0.25, 0.3) is 0 Å². The van der Waals surface area contributed by atoms with E-state index in [2.05, 4.69) is 10.6 Å². The number of benzene rings is 1. The summed E-state index contributed by atoms with van der Waals surface area (Å²) in [6, 6.07) is 5.18. The summed E-state index contributed by atoms with van der Waals surface area (Å²) in [5.74, 6) is 0.570. The zero-order valence-electron chi connectivity index (χ0n) is 11.2. The van der Waals surface area contributed by atoms with Crippen LogP contribution < -0.4 is 15.4 Å². The molecule has 2 N–H and O–H groups in total. The van der Waals surface area contributed by atoms with E-state index in [1.54, 1.807) is 25.3 Å². The van der Waals surface area contributed by atoms with Gasteiger partial charge in [-0.15, -0.1) is 0 Å². The Labute approximate surface area is 122 Å². The lowest BCUT2D eigenvalue weighted by Crippen LogP contribution is -2.48. The number of piperidine rings is 1. The third-order valence-corrected chi connectivity index (χ3v) is 3.46. The molecule has 20 heavy (non-hydrogen) atoms. The van der Waals surface area contributed by atoms with Crippen molar-refractivity contribution in [2.24, 2.45) is 0 Å². The molecule has 0 saturated carbocycles. The van der Waals surface area contributed by atoms with E-state index in [4.69, 9.17) is 16.3 Å². The molecule has 1 aliphatic rings. The minimum absolute atomic E-state index is 0.00891. The highest BCUT2D eigenvalue weighted by Gasteiger charge is 2.20. The molecule has 2 rings (SSSR count). The van der Waals surface area contributed by atoms with E-state index >= 15 is 0 Å². The van der Waals surface area contributed by atoms with Gasteiger partial charge >= 0.3 is 0 Å². The molecule has 2 amide bonds. The van der Waals surface area contributed by atoms with Crippen molar-refractivity contribution in [3.63, 3.8) is 0 Å². The fourth-order valence-corrected chi connectivity index (χ4v) is 2.39. The molecule has 1 aliphatic heterocycles. The Morgan fingerprint density at radius 1 is 1.55 bits per heavy atom. The van der Waals surface area contributed by atoms with Gasteiger partial charge < -0.3 is 15.4 Å². The maximum atomic E-state index is 12.0. The molecule has 0 aromatic heterocycles. The number of ether oxygens (including phenoxy) is 1. The molecule has 0 bridgehead atoms. The maximum absolute atomic E-state index is 12.0. The first kappa shape index (κ1) is 14.7. The van der Waals surface area contributed by atoms with Crippen LogP contribution in [0, 0.1) is 0 Å². The lowest BCUT2D eigenvalue weighted by Gasteiger charge is -2.23. The Morgan fingerprint density at radius 2 is 2.35 bits per heavy atom. The molecule has 0 radical (unpaired) electrons. The monoisotopic (exact) mass is 296 g/mol. The van der Waals surface area contributed by atoms with Gasteiger partial charge in [-0.05, 0) is 24.6 Å². The van der Waals surface area contributed by atoms with Crippen molar-refractivity contribution in [3.05, 3.63) is 28.8 Å². The molecule has 1 unspecified atom stereocenters. The summed E-state index contributed by atoms with van der Waals surface area (Å²) in [7, 11) is 1.56. The molecular formula is C14H17ClN2O3. The topological polar surface area (TPSA) is 67.4 Å². The summed E-state index contributed by atoms with van der Waals surface area (Å²) in [5.41, 5.74) is 0.748.